The van der Waals surface area contributed by atoms with Gasteiger partial charge in [0, 0.05) is 16.7 Å². The summed E-state index contributed by atoms with van der Waals surface area (Å²) in [5.41, 5.74) is 21.6. The van der Waals surface area contributed by atoms with E-state index in [1.165, 1.54) is 55.6 Å². The summed E-state index contributed by atoms with van der Waals surface area (Å²) in [7, 11) is 0. The molecular formula is C59H38N2. The molecule has 10 aromatic rings. The SMILES string of the molecule is c1ccc(-c2cccc(-c3nc(-c4ccc5c(c4)-c4ccccc4C54c5ccccc5-c5ccccc5-c5ccccc54)cc(-c4ccccc4-c4ccccc4)n3)c2)cc1. The van der Waals surface area contributed by atoms with E-state index in [1.807, 2.05) is 0 Å². The molecule has 0 radical (unpaired) electrons. The Balaban J connectivity index is 1.10. The molecular weight excluding hydrogens is 737 g/mol. The number of rotatable bonds is 5. The molecule has 0 atom stereocenters. The lowest BCUT2D eigenvalue weighted by molar-refractivity contribution is 0.775. The number of nitrogens with zero attached hydrogens (tertiary/aromatic N) is 2. The predicted molar refractivity (Wildman–Crippen MR) is 251 cm³/mol. The Bertz CT molecular complexity index is 3240. The number of hydrogen-bond donors (Lipinski definition) is 0. The summed E-state index contributed by atoms with van der Waals surface area (Å²) < 4.78 is 0. The number of fused-ring (bicyclic) bond motifs is 12. The quantitative estimate of drug-likeness (QED) is 0.174. The first-order valence-corrected chi connectivity index (χ1v) is 21.0. The van der Waals surface area contributed by atoms with Gasteiger partial charge in [0.15, 0.2) is 5.82 Å². The van der Waals surface area contributed by atoms with Crippen molar-refractivity contribution in [2.24, 2.45) is 0 Å². The molecule has 0 N–H and O–H groups in total. The van der Waals surface area contributed by atoms with Crippen LogP contribution in [0.4, 0.5) is 0 Å². The van der Waals surface area contributed by atoms with E-state index in [4.69, 9.17) is 9.97 Å². The molecule has 0 saturated heterocycles. The van der Waals surface area contributed by atoms with E-state index >= 15 is 0 Å². The van der Waals surface area contributed by atoms with Gasteiger partial charge in [-0.2, -0.15) is 0 Å². The Morgan fingerprint density at radius 2 is 0.672 bits per heavy atom. The molecule has 0 unspecified atom stereocenters. The molecule has 1 aromatic heterocycles. The summed E-state index contributed by atoms with van der Waals surface area (Å²) >= 11 is 0. The van der Waals surface area contributed by atoms with Crippen molar-refractivity contribution in [3.8, 4) is 89.5 Å². The van der Waals surface area contributed by atoms with Gasteiger partial charge in [0.2, 0.25) is 0 Å². The third kappa shape index (κ3) is 5.50. The fraction of sp³-hybridized carbons (Fsp3) is 0.0169. The van der Waals surface area contributed by atoms with Crippen LogP contribution in [0.5, 0.6) is 0 Å². The van der Waals surface area contributed by atoms with E-state index < -0.39 is 5.41 Å². The van der Waals surface area contributed by atoms with Crippen molar-refractivity contribution < 1.29 is 0 Å². The normalized spacial score (nSPS) is 12.7. The Kier molecular flexibility index (Phi) is 8.11. The molecule has 2 aliphatic carbocycles. The molecule has 2 nitrogen and oxygen atoms in total. The van der Waals surface area contributed by atoms with Crippen molar-refractivity contribution in [3.63, 3.8) is 0 Å². The van der Waals surface area contributed by atoms with Crippen LogP contribution in [0.2, 0.25) is 0 Å². The van der Waals surface area contributed by atoms with Crippen LogP contribution in [0.1, 0.15) is 22.3 Å². The second-order valence-electron chi connectivity index (χ2n) is 16.0. The molecule has 0 aliphatic heterocycles. The van der Waals surface area contributed by atoms with Crippen molar-refractivity contribution in [1.29, 1.82) is 0 Å². The van der Waals surface area contributed by atoms with Gasteiger partial charge < -0.3 is 0 Å². The average molecular weight is 775 g/mol. The van der Waals surface area contributed by atoms with Crippen LogP contribution in [-0.2, 0) is 5.41 Å². The molecule has 61 heavy (non-hydrogen) atoms. The van der Waals surface area contributed by atoms with Crippen LogP contribution in [-0.4, -0.2) is 9.97 Å². The maximum absolute atomic E-state index is 5.42. The first-order chi connectivity index (χ1) is 30.3. The van der Waals surface area contributed by atoms with Gasteiger partial charge in [-0.15, -0.1) is 0 Å². The highest BCUT2D eigenvalue weighted by Gasteiger charge is 2.49. The van der Waals surface area contributed by atoms with Crippen LogP contribution in [0, 0.1) is 0 Å². The zero-order valence-electron chi connectivity index (χ0n) is 33.3. The minimum atomic E-state index is -0.537. The van der Waals surface area contributed by atoms with E-state index in [-0.39, 0.29) is 0 Å². The lowest BCUT2D eigenvalue weighted by Crippen LogP contribution is -2.29. The van der Waals surface area contributed by atoms with Gasteiger partial charge in [-0.3, -0.25) is 0 Å². The van der Waals surface area contributed by atoms with Crippen LogP contribution in [0.3, 0.4) is 0 Å². The molecule has 284 valence electrons. The zero-order valence-corrected chi connectivity index (χ0v) is 33.3. The topological polar surface area (TPSA) is 25.8 Å². The van der Waals surface area contributed by atoms with Crippen LogP contribution < -0.4 is 0 Å². The van der Waals surface area contributed by atoms with Gasteiger partial charge in [0.1, 0.15) is 0 Å². The van der Waals surface area contributed by atoms with Gasteiger partial charge in [0.05, 0.1) is 16.8 Å². The summed E-state index contributed by atoms with van der Waals surface area (Å²) in [6.07, 6.45) is 0. The minimum Gasteiger partial charge on any atom is -0.228 e. The molecule has 2 heteroatoms. The summed E-state index contributed by atoms with van der Waals surface area (Å²) in [5.74, 6) is 0.690. The first kappa shape index (κ1) is 35.0. The Labute approximate surface area is 356 Å². The van der Waals surface area contributed by atoms with Crippen molar-refractivity contribution in [2.75, 3.05) is 0 Å². The fourth-order valence-electron chi connectivity index (χ4n) is 10.1. The Morgan fingerprint density at radius 1 is 0.230 bits per heavy atom. The highest BCUT2D eigenvalue weighted by Crippen LogP contribution is 2.61. The number of aromatic nitrogens is 2. The maximum Gasteiger partial charge on any atom is 0.160 e. The number of hydrogen-bond acceptors (Lipinski definition) is 2. The van der Waals surface area contributed by atoms with E-state index in [0.29, 0.717) is 5.82 Å². The van der Waals surface area contributed by atoms with Gasteiger partial charge in [0.25, 0.3) is 0 Å². The second-order valence-corrected chi connectivity index (χ2v) is 16.0. The minimum absolute atomic E-state index is 0.537. The molecule has 1 spiro atoms. The molecule has 1 heterocycles. The standard InChI is InChI=1S/C59H38N2/c1-3-18-39(19-4-1)41-22-17-23-43(36-41)58-60-56(38-57(61-58)50-30-10-7-24-44(50)40-20-5-2-6-21-40)42-34-35-55-51(37-42)49-29-13-16-33-54(49)59(55)52-31-14-11-27-47(52)45-25-8-9-26-46(45)48-28-12-15-32-53(48)59/h1-38H. The monoisotopic (exact) mass is 774 g/mol. The summed E-state index contributed by atoms with van der Waals surface area (Å²) in [5, 5.41) is 0. The highest BCUT2D eigenvalue weighted by atomic mass is 14.9. The molecule has 0 amide bonds. The fourth-order valence-corrected chi connectivity index (χ4v) is 10.1. The van der Waals surface area contributed by atoms with E-state index in [2.05, 4.69) is 231 Å². The van der Waals surface area contributed by atoms with E-state index in [1.54, 1.807) is 0 Å². The van der Waals surface area contributed by atoms with Crippen molar-refractivity contribution in [1.82, 2.24) is 9.97 Å². The molecule has 0 fully saturated rings. The van der Waals surface area contributed by atoms with E-state index in [0.717, 1.165) is 50.3 Å². The average Bonchev–Trinajstić information content (AvgIpc) is 3.58. The molecule has 2 aliphatic rings. The lowest BCUT2D eigenvalue weighted by atomic mass is 9.66. The molecule has 0 saturated carbocycles. The molecule has 12 rings (SSSR count). The third-order valence-electron chi connectivity index (χ3n) is 12.8. The first-order valence-electron chi connectivity index (χ1n) is 21.0. The maximum atomic E-state index is 5.42. The highest BCUT2D eigenvalue weighted by molar-refractivity contribution is 5.98. The Hall–Kier alpha value is -7.94. The van der Waals surface area contributed by atoms with Crippen LogP contribution >= 0.6 is 0 Å². The predicted octanol–water partition coefficient (Wildman–Crippen LogP) is 14.8. The van der Waals surface area contributed by atoms with Gasteiger partial charge >= 0.3 is 0 Å². The zero-order chi connectivity index (χ0) is 40.3. The van der Waals surface area contributed by atoms with Crippen molar-refractivity contribution in [2.45, 2.75) is 5.41 Å². The van der Waals surface area contributed by atoms with E-state index in [9.17, 15) is 0 Å². The lowest BCUT2D eigenvalue weighted by Gasteiger charge is -2.35. The Morgan fingerprint density at radius 3 is 1.30 bits per heavy atom. The van der Waals surface area contributed by atoms with Crippen molar-refractivity contribution >= 4 is 0 Å². The molecule has 9 aromatic carbocycles. The summed E-state index contributed by atoms with van der Waals surface area (Å²) in [4.78, 5) is 10.8. The van der Waals surface area contributed by atoms with Crippen molar-refractivity contribution in [3.05, 3.63) is 253 Å². The second kappa shape index (κ2) is 14.1. The number of benzene rings is 9. The smallest absolute Gasteiger partial charge is 0.160 e. The third-order valence-corrected chi connectivity index (χ3v) is 12.8. The summed E-state index contributed by atoms with van der Waals surface area (Å²) in [6.45, 7) is 0. The van der Waals surface area contributed by atoms with Gasteiger partial charge in [-0.25, -0.2) is 9.97 Å². The van der Waals surface area contributed by atoms with Gasteiger partial charge in [-0.05, 0) is 96.1 Å². The van der Waals surface area contributed by atoms with Crippen LogP contribution in [0.25, 0.3) is 89.5 Å². The molecule has 0 bridgehead atoms. The largest absolute Gasteiger partial charge is 0.228 e. The summed E-state index contributed by atoms with van der Waals surface area (Å²) in [6, 6.07) is 83.5. The van der Waals surface area contributed by atoms with Gasteiger partial charge in [-0.1, -0.05) is 212 Å². The van der Waals surface area contributed by atoms with Crippen LogP contribution in [0.15, 0.2) is 231 Å².